The van der Waals surface area contributed by atoms with Crippen LogP contribution in [0.2, 0.25) is 0 Å². The molecule has 0 aromatic heterocycles. The van der Waals surface area contributed by atoms with Gasteiger partial charge in [-0.25, -0.2) is 4.79 Å². The molecule has 0 unspecified atom stereocenters. The van der Waals surface area contributed by atoms with Crippen LogP contribution < -0.4 is 4.74 Å². The second-order valence-electron chi connectivity index (χ2n) is 2.94. The molecule has 92 valence electrons. The van der Waals surface area contributed by atoms with Crippen molar-refractivity contribution >= 4 is 12.0 Å². The van der Waals surface area contributed by atoms with Crippen molar-refractivity contribution in [2.75, 3.05) is 0 Å². The van der Waals surface area contributed by atoms with E-state index >= 15 is 0 Å². The standard InChI is InChI=1S/C10H7F3O4/c11-10(12,13)17-7-3-1-6(8(14)5-7)2-4-9(15)16/h1-5,14H,(H,15,16)/b4-2-. The average molecular weight is 248 g/mol. The van der Waals surface area contributed by atoms with Gasteiger partial charge in [-0.1, -0.05) is 0 Å². The van der Waals surface area contributed by atoms with Crippen LogP contribution in [0, 0.1) is 0 Å². The van der Waals surface area contributed by atoms with E-state index in [1.807, 2.05) is 0 Å². The summed E-state index contributed by atoms with van der Waals surface area (Å²) in [7, 11) is 0. The molecule has 2 N–H and O–H groups in total. The van der Waals surface area contributed by atoms with Crippen LogP contribution in [-0.4, -0.2) is 22.5 Å². The predicted molar refractivity (Wildman–Crippen MR) is 51.5 cm³/mol. The molecule has 17 heavy (non-hydrogen) atoms. The van der Waals surface area contributed by atoms with Gasteiger partial charge >= 0.3 is 12.3 Å². The van der Waals surface area contributed by atoms with E-state index in [0.717, 1.165) is 30.4 Å². The zero-order valence-electron chi connectivity index (χ0n) is 8.23. The third-order valence-electron chi connectivity index (χ3n) is 1.64. The van der Waals surface area contributed by atoms with Crippen LogP contribution in [0.3, 0.4) is 0 Å². The summed E-state index contributed by atoms with van der Waals surface area (Å²) in [4.78, 5) is 10.2. The Morgan fingerprint density at radius 1 is 1.35 bits per heavy atom. The van der Waals surface area contributed by atoms with E-state index in [2.05, 4.69) is 4.74 Å². The Bertz CT molecular complexity index is 451. The van der Waals surface area contributed by atoms with Gasteiger partial charge in [0.2, 0.25) is 0 Å². The van der Waals surface area contributed by atoms with Gasteiger partial charge in [0, 0.05) is 17.7 Å². The van der Waals surface area contributed by atoms with Crippen molar-refractivity contribution in [3.63, 3.8) is 0 Å². The van der Waals surface area contributed by atoms with E-state index < -0.39 is 23.8 Å². The Labute approximate surface area is 93.6 Å². The van der Waals surface area contributed by atoms with Gasteiger partial charge < -0.3 is 14.9 Å². The number of hydrogen-bond donors (Lipinski definition) is 2. The average Bonchev–Trinajstić information content (AvgIpc) is 2.13. The van der Waals surface area contributed by atoms with E-state index in [1.54, 1.807) is 0 Å². The van der Waals surface area contributed by atoms with Crippen molar-refractivity contribution < 1.29 is 32.9 Å². The fourth-order valence-corrected chi connectivity index (χ4v) is 1.02. The Hall–Kier alpha value is -2.18. The Morgan fingerprint density at radius 3 is 2.47 bits per heavy atom. The summed E-state index contributed by atoms with van der Waals surface area (Å²) in [6.07, 6.45) is -3.04. The molecule has 1 rings (SSSR count). The fraction of sp³-hybridized carbons (Fsp3) is 0.100. The van der Waals surface area contributed by atoms with Crippen LogP contribution in [0.5, 0.6) is 11.5 Å². The summed E-state index contributed by atoms with van der Waals surface area (Å²) in [6, 6.07) is 2.82. The third-order valence-corrected chi connectivity index (χ3v) is 1.64. The SMILES string of the molecule is O=C(O)/C=C\c1ccc(OC(F)(F)F)cc1O. The number of rotatable bonds is 3. The zero-order chi connectivity index (χ0) is 13.1. The molecule has 7 heteroatoms. The summed E-state index contributed by atoms with van der Waals surface area (Å²) in [5.41, 5.74) is 0.0712. The highest BCUT2D eigenvalue weighted by atomic mass is 19.4. The van der Waals surface area contributed by atoms with Crippen LogP contribution in [0.1, 0.15) is 5.56 Å². The van der Waals surface area contributed by atoms with Crippen molar-refractivity contribution in [1.29, 1.82) is 0 Å². The van der Waals surface area contributed by atoms with Crippen molar-refractivity contribution in [1.82, 2.24) is 0 Å². The van der Waals surface area contributed by atoms with Crippen LogP contribution >= 0.6 is 0 Å². The summed E-state index contributed by atoms with van der Waals surface area (Å²) in [6.45, 7) is 0. The van der Waals surface area contributed by atoms with Gasteiger partial charge in [-0.2, -0.15) is 0 Å². The highest BCUT2D eigenvalue weighted by molar-refractivity contribution is 5.85. The largest absolute Gasteiger partial charge is 0.573 e. The molecule has 0 aliphatic heterocycles. The van der Waals surface area contributed by atoms with E-state index in [-0.39, 0.29) is 5.56 Å². The number of aromatic hydroxyl groups is 1. The van der Waals surface area contributed by atoms with Crippen LogP contribution in [0.25, 0.3) is 6.08 Å². The number of carboxylic acids is 1. The molecule has 1 aromatic carbocycles. The lowest BCUT2D eigenvalue weighted by Gasteiger charge is -2.09. The molecule has 1 aromatic rings. The number of phenols is 1. The van der Waals surface area contributed by atoms with Crippen LogP contribution in [0.4, 0.5) is 13.2 Å². The molecule has 0 bridgehead atoms. The number of phenolic OH excluding ortho intramolecular Hbond substituents is 1. The van der Waals surface area contributed by atoms with Gasteiger partial charge in [-0.3, -0.25) is 0 Å². The molecule has 0 saturated heterocycles. The summed E-state index contributed by atoms with van der Waals surface area (Å²) in [5.74, 6) is -2.33. The summed E-state index contributed by atoms with van der Waals surface area (Å²) < 4.78 is 39.1. The molecule has 0 spiro atoms. The van der Waals surface area contributed by atoms with Crippen molar-refractivity contribution in [2.45, 2.75) is 6.36 Å². The van der Waals surface area contributed by atoms with Gasteiger partial charge in [0.25, 0.3) is 0 Å². The number of ether oxygens (including phenoxy) is 1. The minimum atomic E-state index is -4.84. The maximum Gasteiger partial charge on any atom is 0.573 e. The molecule has 0 saturated carbocycles. The highest BCUT2D eigenvalue weighted by Crippen LogP contribution is 2.28. The monoisotopic (exact) mass is 248 g/mol. The molecule has 0 radical (unpaired) electrons. The first-order chi connectivity index (χ1) is 7.78. The zero-order valence-corrected chi connectivity index (χ0v) is 8.23. The van der Waals surface area contributed by atoms with Crippen molar-refractivity contribution in [2.24, 2.45) is 0 Å². The maximum absolute atomic E-state index is 11.8. The smallest absolute Gasteiger partial charge is 0.507 e. The second-order valence-corrected chi connectivity index (χ2v) is 2.94. The lowest BCUT2D eigenvalue weighted by atomic mass is 10.2. The number of carbonyl (C=O) groups is 1. The Morgan fingerprint density at radius 2 is 2.00 bits per heavy atom. The topological polar surface area (TPSA) is 66.8 Å². The number of aliphatic carboxylic acids is 1. The van der Waals surface area contributed by atoms with Gasteiger partial charge in [0.05, 0.1) is 0 Å². The van der Waals surface area contributed by atoms with E-state index in [9.17, 15) is 23.1 Å². The normalized spacial score (nSPS) is 11.7. The molecule has 0 amide bonds. The Kier molecular flexibility index (Phi) is 3.62. The number of benzene rings is 1. The molecule has 0 fully saturated rings. The number of carboxylic acid groups (broad SMARTS) is 1. The van der Waals surface area contributed by atoms with Crippen LogP contribution in [0.15, 0.2) is 24.3 Å². The van der Waals surface area contributed by atoms with E-state index in [4.69, 9.17) is 5.11 Å². The molecule has 4 nitrogen and oxygen atoms in total. The van der Waals surface area contributed by atoms with Crippen molar-refractivity contribution in [3.8, 4) is 11.5 Å². The predicted octanol–water partition coefficient (Wildman–Crippen LogP) is 2.39. The molecule has 0 aliphatic rings. The van der Waals surface area contributed by atoms with Gasteiger partial charge in [-0.05, 0) is 18.2 Å². The lowest BCUT2D eigenvalue weighted by molar-refractivity contribution is -0.274. The van der Waals surface area contributed by atoms with Gasteiger partial charge in [-0.15, -0.1) is 13.2 Å². The molecule has 0 aliphatic carbocycles. The fourth-order valence-electron chi connectivity index (χ4n) is 1.02. The highest BCUT2D eigenvalue weighted by Gasteiger charge is 2.31. The minimum absolute atomic E-state index is 0.0712. The summed E-state index contributed by atoms with van der Waals surface area (Å²) in [5, 5.41) is 17.6. The number of halogens is 3. The first kappa shape index (κ1) is 12.9. The molecule has 0 atom stereocenters. The van der Waals surface area contributed by atoms with Gasteiger partial charge in [0.1, 0.15) is 11.5 Å². The maximum atomic E-state index is 11.8. The Balaban J connectivity index is 2.90. The molecular formula is C10H7F3O4. The van der Waals surface area contributed by atoms with Crippen LogP contribution in [-0.2, 0) is 4.79 Å². The number of hydrogen-bond acceptors (Lipinski definition) is 3. The first-order valence-electron chi connectivity index (χ1n) is 4.28. The lowest BCUT2D eigenvalue weighted by Crippen LogP contribution is -2.17. The molecule has 0 heterocycles. The molecular weight excluding hydrogens is 241 g/mol. The van der Waals surface area contributed by atoms with Crippen molar-refractivity contribution in [3.05, 3.63) is 29.8 Å². The van der Waals surface area contributed by atoms with E-state index in [0.29, 0.717) is 0 Å². The second kappa shape index (κ2) is 4.77. The minimum Gasteiger partial charge on any atom is -0.507 e. The van der Waals surface area contributed by atoms with E-state index in [1.165, 1.54) is 0 Å². The third kappa shape index (κ3) is 4.45. The summed E-state index contributed by atoms with van der Waals surface area (Å²) >= 11 is 0. The number of alkyl halides is 3. The quantitative estimate of drug-likeness (QED) is 0.806. The van der Waals surface area contributed by atoms with Gasteiger partial charge in [0.15, 0.2) is 0 Å². The first-order valence-corrected chi connectivity index (χ1v) is 4.28.